The van der Waals surface area contributed by atoms with E-state index in [0.29, 0.717) is 21.9 Å². The Morgan fingerprint density at radius 1 is 1.29 bits per heavy atom. The first-order chi connectivity index (χ1) is 10.1. The minimum Gasteiger partial charge on any atom is -0.481 e. The molecule has 0 bridgehead atoms. The van der Waals surface area contributed by atoms with Crippen LogP contribution in [-0.4, -0.2) is 41.8 Å². The molecule has 0 aliphatic carbocycles. The van der Waals surface area contributed by atoms with Crippen molar-refractivity contribution >= 4 is 28.9 Å². The molecule has 0 unspecified atom stereocenters. The van der Waals surface area contributed by atoms with E-state index >= 15 is 0 Å². The van der Waals surface area contributed by atoms with E-state index in [9.17, 15) is 9.18 Å². The van der Waals surface area contributed by atoms with Gasteiger partial charge in [0, 0.05) is 0 Å². The Morgan fingerprint density at radius 3 is 2.76 bits per heavy atom. The zero-order valence-corrected chi connectivity index (χ0v) is 11.3. The van der Waals surface area contributed by atoms with E-state index in [2.05, 4.69) is 20.3 Å². The highest BCUT2D eigenvalue weighted by molar-refractivity contribution is 8.00. The summed E-state index contributed by atoms with van der Waals surface area (Å²) in [5.41, 5.74) is 1.45. The molecule has 2 heterocycles. The first-order valence-corrected chi connectivity index (χ1v) is 6.80. The van der Waals surface area contributed by atoms with E-state index in [4.69, 9.17) is 5.11 Å². The largest absolute Gasteiger partial charge is 0.481 e. The maximum atomic E-state index is 13.0. The Morgan fingerprint density at radius 2 is 2.05 bits per heavy atom. The lowest BCUT2D eigenvalue weighted by Gasteiger charge is -2.01. The third-order valence-corrected chi connectivity index (χ3v) is 3.57. The molecule has 7 nitrogen and oxygen atoms in total. The zero-order chi connectivity index (χ0) is 14.8. The van der Waals surface area contributed by atoms with Crippen molar-refractivity contribution in [3.63, 3.8) is 0 Å². The number of carboxylic acid groups (broad SMARTS) is 1. The van der Waals surface area contributed by atoms with Crippen LogP contribution >= 0.6 is 11.8 Å². The number of aliphatic carboxylic acids is 1. The van der Waals surface area contributed by atoms with Crippen LogP contribution < -0.4 is 0 Å². The van der Waals surface area contributed by atoms with Crippen molar-refractivity contribution < 1.29 is 14.3 Å². The summed E-state index contributed by atoms with van der Waals surface area (Å²) in [6.07, 6.45) is 1.32. The molecule has 106 valence electrons. The maximum absolute atomic E-state index is 13.0. The molecule has 1 N–H and O–H groups in total. The van der Waals surface area contributed by atoms with Crippen LogP contribution in [0.4, 0.5) is 4.39 Å². The lowest BCUT2D eigenvalue weighted by Crippen LogP contribution is -2.00. The number of hydrogen-bond donors (Lipinski definition) is 1. The molecule has 3 aromatic rings. The third kappa shape index (κ3) is 2.68. The van der Waals surface area contributed by atoms with Gasteiger partial charge in [0.05, 0.1) is 11.4 Å². The Hall–Kier alpha value is -2.55. The standard InChI is InChI=1S/C12H8FN5O2S/c13-7-1-3-8(4-2-7)18-11-10(16-17-18)12(15-6-14-11)21-5-9(19)20/h1-4,6H,5H2,(H,19,20). The molecule has 21 heavy (non-hydrogen) atoms. The van der Waals surface area contributed by atoms with Crippen LogP contribution in [0.25, 0.3) is 16.9 Å². The molecular weight excluding hydrogens is 297 g/mol. The fourth-order valence-corrected chi connectivity index (χ4v) is 2.37. The summed E-state index contributed by atoms with van der Waals surface area (Å²) in [7, 11) is 0. The van der Waals surface area contributed by atoms with E-state index in [-0.39, 0.29) is 11.6 Å². The first-order valence-electron chi connectivity index (χ1n) is 5.82. The second-order valence-electron chi connectivity index (χ2n) is 4.01. The molecule has 3 rings (SSSR count). The van der Waals surface area contributed by atoms with Gasteiger partial charge < -0.3 is 5.11 Å². The van der Waals surface area contributed by atoms with Crippen molar-refractivity contribution in [1.82, 2.24) is 25.0 Å². The summed E-state index contributed by atoms with van der Waals surface area (Å²) < 4.78 is 14.4. The smallest absolute Gasteiger partial charge is 0.313 e. The van der Waals surface area contributed by atoms with Crippen molar-refractivity contribution in [2.45, 2.75) is 5.03 Å². The number of halogens is 1. The monoisotopic (exact) mass is 305 g/mol. The number of carboxylic acids is 1. The minimum atomic E-state index is -0.947. The average Bonchev–Trinajstić information content (AvgIpc) is 2.90. The van der Waals surface area contributed by atoms with Gasteiger partial charge in [-0.2, -0.15) is 4.68 Å². The van der Waals surface area contributed by atoms with Gasteiger partial charge in [-0.25, -0.2) is 14.4 Å². The molecule has 9 heteroatoms. The number of carbonyl (C=O) groups is 1. The Balaban J connectivity index is 2.04. The van der Waals surface area contributed by atoms with E-state index in [0.717, 1.165) is 11.8 Å². The molecule has 0 radical (unpaired) electrons. The minimum absolute atomic E-state index is 0.129. The second-order valence-corrected chi connectivity index (χ2v) is 4.98. The summed E-state index contributed by atoms with van der Waals surface area (Å²) in [4.78, 5) is 18.7. The SMILES string of the molecule is O=C(O)CSc1ncnc2c1nnn2-c1ccc(F)cc1. The summed E-state index contributed by atoms with van der Waals surface area (Å²) in [5, 5.41) is 17.1. The van der Waals surface area contributed by atoms with E-state index in [1.807, 2.05) is 0 Å². The molecule has 0 saturated heterocycles. The number of hydrogen-bond acceptors (Lipinski definition) is 6. The third-order valence-electron chi connectivity index (χ3n) is 2.61. The van der Waals surface area contributed by atoms with Crippen LogP contribution in [0.5, 0.6) is 0 Å². The van der Waals surface area contributed by atoms with Crippen LogP contribution in [0.1, 0.15) is 0 Å². The molecule has 0 saturated carbocycles. The normalized spacial score (nSPS) is 10.9. The van der Waals surface area contributed by atoms with Crippen molar-refractivity contribution in [2.75, 3.05) is 5.75 Å². The number of benzene rings is 1. The van der Waals surface area contributed by atoms with Crippen LogP contribution in [0.3, 0.4) is 0 Å². The van der Waals surface area contributed by atoms with E-state index in [1.165, 1.54) is 23.1 Å². The van der Waals surface area contributed by atoms with Gasteiger partial charge in [-0.1, -0.05) is 17.0 Å². The van der Waals surface area contributed by atoms with Gasteiger partial charge in [0.2, 0.25) is 0 Å². The van der Waals surface area contributed by atoms with Crippen LogP contribution in [0.15, 0.2) is 35.6 Å². The van der Waals surface area contributed by atoms with Crippen molar-refractivity contribution in [3.05, 3.63) is 36.4 Å². The molecule has 0 fully saturated rings. The fourth-order valence-electron chi connectivity index (χ4n) is 1.72. The molecule has 1 aromatic carbocycles. The van der Waals surface area contributed by atoms with Gasteiger partial charge in [0.25, 0.3) is 0 Å². The highest BCUT2D eigenvalue weighted by atomic mass is 32.2. The Labute approximate surface area is 121 Å². The van der Waals surface area contributed by atoms with Gasteiger partial charge in [0.1, 0.15) is 17.2 Å². The lowest BCUT2D eigenvalue weighted by atomic mass is 10.3. The molecule has 2 aromatic heterocycles. The van der Waals surface area contributed by atoms with Crippen LogP contribution in [0.2, 0.25) is 0 Å². The Bertz CT molecular complexity index is 805. The molecule has 0 amide bonds. The fraction of sp³-hybridized carbons (Fsp3) is 0.0833. The number of rotatable bonds is 4. The number of nitrogens with zero attached hydrogens (tertiary/aromatic N) is 5. The molecule has 0 aliphatic rings. The van der Waals surface area contributed by atoms with Crippen molar-refractivity contribution in [3.8, 4) is 5.69 Å². The zero-order valence-electron chi connectivity index (χ0n) is 10.5. The van der Waals surface area contributed by atoms with Gasteiger partial charge in [0.15, 0.2) is 11.2 Å². The average molecular weight is 305 g/mol. The highest BCUT2D eigenvalue weighted by Gasteiger charge is 2.14. The highest BCUT2D eigenvalue weighted by Crippen LogP contribution is 2.23. The van der Waals surface area contributed by atoms with E-state index < -0.39 is 5.97 Å². The number of fused-ring (bicyclic) bond motifs is 1. The summed E-state index contributed by atoms with van der Waals surface area (Å²) in [5.74, 6) is -1.43. The van der Waals surface area contributed by atoms with Crippen molar-refractivity contribution in [2.24, 2.45) is 0 Å². The van der Waals surface area contributed by atoms with Crippen LogP contribution in [-0.2, 0) is 4.79 Å². The first kappa shape index (κ1) is 13.4. The molecule has 0 atom stereocenters. The Kier molecular flexibility index (Phi) is 3.48. The van der Waals surface area contributed by atoms with Gasteiger partial charge in [-0.15, -0.1) is 5.10 Å². The second kappa shape index (κ2) is 5.44. The summed E-state index contributed by atoms with van der Waals surface area (Å²) in [6, 6.07) is 5.72. The molecule has 0 aliphatic heterocycles. The van der Waals surface area contributed by atoms with Crippen molar-refractivity contribution in [1.29, 1.82) is 0 Å². The lowest BCUT2D eigenvalue weighted by molar-refractivity contribution is -0.133. The van der Waals surface area contributed by atoms with Gasteiger partial charge >= 0.3 is 5.97 Å². The topological polar surface area (TPSA) is 93.8 Å². The number of aromatic nitrogens is 5. The van der Waals surface area contributed by atoms with Gasteiger partial charge in [-0.3, -0.25) is 4.79 Å². The van der Waals surface area contributed by atoms with Gasteiger partial charge in [-0.05, 0) is 24.3 Å². The molecule has 0 spiro atoms. The molecular formula is C12H8FN5O2S. The predicted octanol–water partition coefficient (Wildman–Crippen LogP) is 1.53. The maximum Gasteiger partial charge on any atom is 0.313 e. The summed E-state index contributed by atoms with van der Waals surface area (Å²) >= 11 is 1.04. The van der Waals surface area contributed by atoms with Crippen LogP contribution in [0, 0.1) is 5.82 Å². The number of thioether (sulfide) groups is 1. The predicted molar refractivity (Wildman–Crippen MR) is 72.8 cm³/mol. The quantitative estimate of drug-likeness (QED) is 0.577. The van der Waals surface area contributed by atoms with E-state index in [1.54, 1.807) is 12.1 Å². The summed E-state index contributed by atoms with van der Waals surface area (Å²) in [6.45, 7) is 0.